The summed E-state index contributed by atoms with van der Waals surface area (Å²) in [5.74, 6) is -0.00435. The molecule has 0 saturated carbocycles. The van der Waals surface area contributed by atoms with E-state index in [1.54, 1.807) is 6.07 Å². The Labute approximate surface area is 126 Å². The summed E-state index contributed by atoms with van der Waals surface area (Å²) >= 11 is 0. The molecule has 0 radical (unpaired) electrons. The highest BCUT2D eigenvalue weighted by atomic mass is 32.2. The van der Waals surface area contributed by atoms with Crippen molar-refractivity contribution >= 4 is 21.6 Å². The fraction of sp³-hybridized carbons (Fsp3) is 0.500. The summed E-state index contributed by atoms with van der Waals surface area (Å²) in [6, 6.07) is 4.55. The van der Waals surface area contributed by atoms with Gasteiger partial charge in [0.1, 0.15) is 10.6 Å². The number of unbranched alkanes of at least 4 members (excludes halogenated alkanes) is 1. The Balaban J connectivity index is 3.21. The maximum Gasteiger partial charge on any atom is 0.246 e. The van der Waals surface area contributed by atoms with Crippen molar-refractivity contribution in [1.82, 2.24) is 4.31 Å². The fourth-order valence-corrected chi connectivity index (χ4v) is 3.21. The van der Waals surface area contributed by atoms with Crippen LogP contribution >= 0.6 is 0 Å². The van der Waals surface area contributed by atoms with Gasteiger partial charge in [-0.05, 0) is 24.6 Å². The number of amides is 1. The lowest BCUT2D eigenvalue weighted by Gasteiger charge is -2.19. The van der Waals surface area contributed by atoms with Gasteiger partial charge in [-0.1, -0.05) is 13.3 Å². The van der Waals surface area contributed by atoms with Gasteiger partial charge in [-0.15, -0.1) is 0 Å². The van der Waals surface area contributed by atoms with Gasteiger partial charge >= 0.3 is 0 Å². The molecule has 1 amide bonds. The molecule has 0 aliphatic carbocycles. The van der Waals surface area contributed by atoms with E-state index in [-0.39, 0.29) is 16.6 Å². The lowest BCUT2D eigenvalue weighted by atomic mass is 10.3. The van der Waals surface area contributed by atoms with E-state index in [2.05, 4.69) is 5.32 Å². The number of carbonyl (C=O) groups is 1. The predicted octanol–water partition coefficient (Wildman–Crippen LogP) is 2.07. The second kappa shape index (κ2) is 7.42. The average molecular weight is 314 g/mol. The van der Waals surface area contributed by atoms with Crippen molar-refractivity contribution in [3.63, 3.8) is 0 Å². The first kappa shape index (κ1) is 17.5. The molecule has 1 aromatic rings. The Hall–Kier alpha value is -1.60. The van der Waals surface area contributed by atoms with E-state index < -0.39 is 10.0 Å². The molecule has 1 N–H and O–H groups in total. The van der Waals surface area contributed by atoms with Gasteiger partial charge in [-0.3, -0.25) is 4.79 Å². The number of rotatable bonds is 7. The van der Waals surface area contributed by atoms with Gasteiger partial charge in [0.25, 0.3) is 0 Å². The van der Waals surface area contributed by atoms with E-state index in [9.17, 15) is 13.2 Å². The standard InChI is InChI=1S/C14H22N2O4S/c1-5-6-9-16(3)21(18,19)14-10-12(15-11(2)17)7-8-13(14)20-4/h7-8,10H,5-6,9H2,1-4H3,(H,15,17). The number of anilines is 1. The lowest BCUT2D eigenvalue weighted by Crippen LogP contribution is -2.28. The number of methoxy groups -OCH3 is 1. The topological polar surface area (TPSA) is 75.7 Å². The molecule has 0 bridgehead atoms. The molecule has 0 aliphatic heterocycles. The zero-order chi connectivity index (χ0) is 16.0. The molecule has 21 heavy (non-hydrogen) atoms. The number of sulfonamides is 1. The molecule has 0 aliphatic rings. The maximum absolute atomic E-state index is 12.6. The molecule has 0 fully saturated rings. The van der Waals surface area contributed by atoms with Crippen molar-refractivity contribution in [2.45, 2.75) is 31.6 Å². The van der Waals surface area contributed by atoms with Gasteiger partial charge < -0.3 is 10.1 Å². The maximum atomic E-state index is 12.6. The van der Waals surface area contributed by atoms with Gasteiger partial charge in [-0.2, -0.15) is 0 Å². The molecule has 0 saturated heterocycles. The van der Waals surface area contributed by atoms with Crippen LogP contribution in [0.3, 0.4) is 0 Å². The largest absolute Gasteiger partial charge is 0.495 e. The highest BCUT2D eigenvalue weighted by molar-refractivity contribution is 7.89. The van der Waals surface area contributed by atoms with E-state index in [0.717, 1.165) is 12.8 Å². The smallest absolute Gasteiger partial charge is 0.246 e. The van der Waals surface area contributed by atoms with Gasteiger partial charge in [0.05, 0.1) is 7.11 Å². The third-order valence-corrected chi connectivity index (χ3v) is 4.88. The number of nitrogens with zero attached hydrogens (tertiary/aromatic N) is 1. The van der Waals surface area contributed by atoms with Gasteiger partial charge in [0.15, 0.2) is 0 Å². The summed E-state index contributed by atoms with van der Waals surface area (Å²) in [6.45, 7) is 3.80. The van der Waals surface area contributed by atoms with Gasteiger partial charge in [0, 0.05) is 26.2 Å². The van der Waals surface area contributed by atoms with Crippen molar-refractivity contribution in [1.29, 1.82) is 0 Å². The highest BCUT2D eigenvalue weighted by Gasteiger charge is 2.25. The lowest BCUT2D eigenvalue weighted by molar-refractivity contribution is -0.114. The van der Waals surface area contributed by atoms with Crippen LogP contribution in [0.15, 0.2) is 23.1 Å². The fourth-order valence-electron chi connectivity index (χ4n) is 1.83. The Bertz CT molecular complexity index is 599. The first-order valence-corrected chi connectivity index (χ1v) is 8.19. The molecule has 6 nitrogen and oxygen atoms in total. The van der Waals surface area contributed by atoms with Crippen molar-refractivity contribution in [2.24, 2.45) is 0 Å². The van der Waals surface area contributed by atoms with Crippen LogP contribution in [-0.2, 0) is 14.8 Å². The first-order valence-electron chi connectivity index (χ1n) is 6.75. The summed E-state index contributed by atoms with van der Waals surface area (Å²) in [4.78, 5) is 11.2. The third-order valence-electron chi connectivity index (χ3n) is 3.00. The first-order chi connectivity index (χ1) is 9.82. The van der Waals surface area contributed by atoms with E-state index in [0.29, 0.717) is 12.2 Å². The quantitative estimate of drug-likeness (QED) is 0.836. The molecule has 7 heteroatoms. The summed E-state index contributed by atoms with van der Waals surface area (Å²) in [6.07, 6.45) is 1.69. The molecule has 0 heterocycles. The molecule has 1 aromatic carbocycles. The second-order valence-electron chi connectivity index (χ2n) is 4.73. The molecule has 118 valence electrons. The molecule has 0 aromatic heterocycles. The van der Waals surface area contributed by atoms with Crippen LogP contribution in [0.4, 0.5) is 5.69 Å². The molecular formula is C14H22N2O4S. The van der Waals surface area contributed by atoms with Crippen molar-refractivity contribution in [3.8, 4) is 5.75 Å². The number of nitrogens with one attached hydrogen (secondary N) is 1. The van der Waals surface area contributed by atoms with Gasteiger partial charge in [-0.25, -0.2) is 12.7 Å². The van der Waals surface area contributed by atoms with Crippen LogP contribution < -0.4 is 10.1 Å². The molecule has 0 unspecified atom stereocenters. The van der Waals surface area contributed by atoms with Gasteiger partial charge in [0.2, 0.25) is 15.9 Å². The van der Waals surface area contributed by atoms with E-state index in [1.807, 2.05) is 6.92 Å². The van der Waals surface area contributed by atoms with Crippen molar-refractivity contribution in [2.75, 3.05) is 26.0 Å². The monoisotopic (exact) mass is 314 g/mol. The molecule has 0 atom stereocenters. The zero-order valence-corrected chi connectivity index (χ0v) is 13.7. The van der Waals surface area contributed by atoms with Crippen molar-refractivity contribution < 1.29 is 17.9 Å². The number of hydrogen-bond donors (Lipinski definition) is 1. The minimum Gasteiger partial charge on any atom is -0.495 e. The van der Waals surface area contributed by atoms with Crippen LogP contribution in [0.1, 0.15) is 26.7 Å². The van der Waals surface area contributed by atoms with E-state index in [4.69, 9.17) is 4.74 Å². The average Bonchev–Trinajstić information content (AvgIpc) is 2.43. The number of hydrogen-bond acceptors (Lipinski definition) is 4. The van der Waals surface area contributed by atoms with Crippen LogP contribution in [0, 0.1) is 0 Å². The third kappa shape index (κ3) is 4.44. The normalized spacial score (nSPS) is 11.5. The summed E-state index contributed by atoms with van der Waals surface area (Å²) in [5, 5.41) is 2.57. The SMILES string of the molecule is CCCCN(C)S(=O)(=O)c1cc(NC(C)=O)ccc1OC. The summed E-state index contributed by atoms with van der Waals surface area (Å²) < 4.78 is 31.6. The highest BCUT2D eigenvalue weighted by Crippen LogP contribution is 2.29. The number of carbonyl (C=O) groups excluding carboxylic acids is 1. The minimum absolute atomic E-state index is 0.0508. The van der Waals surface area contributed by atoms with Crippen LogP contribution in [-0.4, -0.2) is 39.3 Å². The van der Waals surface area contributed by atoms with Crippen LogP contribution in [0.25, 0.3) is 0 Å². The Morgan fingerprint density at radius 1 is 1.38 bits per heavy atom. The van der Waals surface area contributed by atoms with E-state index in [1.165, 1.54) is 37.5 Å². The summed E-state index contributed by atoms with van der Waals surface area (Å²) in [7, 11) is -0.703. The van der Waals surface area contributed by atoms with Crippen molar-refractivity contribution in [3.05, 3.63) is 18.2 Å². The van der Waals surface area contributed by atoms with E-state index >= 15 is 0 Å². The van der Waals surface area contributed by atoms with Crippen LogP contribution in [0.5, 0.6) is 5.75 Å². The predicted molar refractivity (Wildman–Crippen MR) is 82.0 cm³/mol. The second-order valence-corrected chi connectivity index (χ2v) is 6.74. The number of benzene rings is 1. The molecular weight excluding hydrogens is 292 g/mol. The Kier molecular flexibility index (Phi) is 6.17. The number of ether oxygens (including phenoxy) is 1. The Morgan fingerprint density at radius 2 is 2.05 bits per heavy atom. The van der Waals surface area contributed by atoms with Crippen LogP contribution in [0.2, 0.25) is 0 Å². The minimum atomic E-state index is -3.66. The zero-order valence-electron chi connectivity index (χ0n) is 12.8. The summed E-state index contributed by atoms with van der Waals surface area (Å²) in [5.41, 5.74) is 0.422. The Morgan fingerprint density at radius 3 is 2.57 bits per heavy atom. The molecule has 0 spiro atoms. The molecule has 1 rings (SSSR count).